The molecule has 0 radical (unpaired) electrons. The minimum atomic E-state index is -1.08. The summed E-state index contributed by atoms with van der Waals surface area (Å²) < 4.78 is 38.1. The van der Waals surface area contributed by atoms with E-state index in [1.165, 1.54) is 0 Å². The molecule has 10 nitrogen and oxygen atoms in total. The molecule has 2 N–H and O–H groups in total. The average Bonchev–Trinajstić information content (AvgIpc) is 3.42. The van der Waals surface area contributed by atoms with Crippen LogP contribution in [0.4, 0.5) is 8.78 Å². The lowest BCUT2D eigenvalue weighted by molar-refractivity contribution is -0.143. The average molecular weight is 569 g/mol. The molecule has 3 heterocycles. The van der Waals surface area contributed by atoms with Crippen molar-refractivity contribution < 1.29 is 38.1 Å². The molecular weight excluding hydrogens is 538 g/mol. The highest BCUT2D eigenvalue weighted by Gasteiger charge is 2.14. The van der Waals surface area contributed by atoms with Crippen LogP contribution in [0.15, 0.2) is 73.3 Å². The number of carbonyl (C=O) groups is 2. The fraction of sp³-hybridized carbons (Fsp3) is 0.276. The molecule has 0 spiro atoms. The molecule has 4 aromatic rings. The molecule has 4 rings (SSSR count). The molecule has 3 aromatic heterocycles. The fourth-order valence-corrected chi connectivity index (χ4v) is 3.60. The summed E-state index contributed by atoms with van der Waals surface area (Å²) in [6, 6.07) is 14.9. The second kappa shape index (κ2) is 16.3. The van der Waals surface area contributed by atoms with Gasteiger partial charge < -0.3 is 19.7 Å². The van der Waals surface area contributed by atoms with Crippen molar-refractivity contribution in [3.05, 3.63) is 79.0 Å². The Morgan fingerprint density at radius 1 is 0.854 bits per heavy atom. The van der Waals surface area contributed by atoms with Crippen LogP contribution in [-0.2, 0) is 22.7 Å². The van der Waals surface area contributed by atoms with Gasteiger partial charge in [-0.1, -0.05) is 0 Å². The van der Waals surface area contributed by atoms with E-state index in [0.717, 1.165) is 22.4 Å². The Balaban J connectivity index is 0.000000507. The molecule has 0 bridgehead atoms. The number of hydrogen-bond donors (Lipinski definition) is 2. The van der Waals surface area contributed by atoms with E-state index in [1.54, 1.807) is 35.4 Å². The van der Waals surface area contributed by atoms with Crippen molar-refractivity contribution in [2.75, 3.05) is 20.0 Å². The molecule has 0 fully saturated rings. The van der Waals surface area contributed by atoms with Gasteiger partial charge >= 0.3 is 11.9 Å². The molecule has 216 valence electrons. The van der Waals surface area contributed by atoms with E-state index in [0.29, 0.717) is 30.2 Å². The van der Waals surface area contributed by atoms with Gasteiger partial charge in [-0.15, -0.1) is 0 Å². The van der Waals surface area contributed by atoms with Gasteiger partial charge in [0.1, 0.15) is 42.8 Å². The summed E-state index contributed by atoms with van der Waals surface area (Å²) >= 11 is 0. The van der Waals surface area contributed by atoms with Crippen molar-refractivity contribution in [1.82, 2.24) is 19.7 Å². The largest absolute Gasteiger partial charge is 0.489 e. The topological polar surface area (TPSA) is 137 Å². The van der Waals surface area contributed by atoms with Gasteiger partial charge in [-0.05, 0) is 60.5 Å². The maximum Gasteiger partial charge on any atom is 0.303 e. The van der Waals surface area contributed by atoms with E-state index in [2.05, 4.69) is 15.1 Å². The summed E-state index contributed by atoms with van der Waals surface area (Å²) in [5, 5.41) is 20.5. The van der Waals surface area contributed by atoms with Crippen molar-refractivity contribution in [2.45, 2.75) is 32.4 Å². The minimum Gasteiger partial charge on any atom is -0.489 e. The molecular formula is C29H30F2N4O6. The van der Waals surface area contributed by atoms with E-state index in [9.17, 15) is 18.4 Å². The van der Waals surface area contributed by atoms with E-state index < -0.39 is 18.6 Å². The van der Waals surface area contributed by atoms with Crippen LogP contribution in [0.2, 0.25) is 0 Å². The molecule has 0 amide bonds. The molecule has 0 aliphatic carbocycles. The number of rotatable bonds is 14. The number of aromatic nitrogens is 4. The lowest BCUT2D eigenvalue weighted by Crippen LogP contribution is -2.05. The van der Waals surface area contributed by atoms with Crippen LogP contribution in [0.25, 0.3) is 22.4 Å². The van der Waals surface area contributed by atoms with Gasteiger partial charge in [-0.2, -0.15) is 5.10 Å². The number of ether oxygens (including phenoxy) is 2. The molecule has 0 aliphatic heterocycles. The minimum absolute atomic E-state index is 0.0226. The van der Waals surface area contributed by atoms with Crippen molar-refractivity contribution in [3.63, 3.8) is 0 Å². The fourth-order valence-electron chi connectivity index (χ4n) is 3.60. The number of benzene rings is 1. The maximum atomic E-state index is 12.7. The first kappa shape index (κ1) is 30.7. The van der Waals surface area contributed by atoms with Gasteiger partial charge in [0.25, 0.3) is 0 Å². The number of pyridine rings is 2. The lowest BCUT2D eigenvalue weighted by atomic mass is 10.0. The van der Waals surface area contributed by atoms with Crippen LogP contribution in [0.5, 0.6) is 11.5 Å². The standard InChI is InChI=1S/C25H24F2N4O2.C4H6O4/c26-10-2-15-31-17-22(19-8-13-28-14-9-19)25(30-31)20-4-6-21(7-5-20)33-18-23-24(32-16-11-27)3-1-12-29-23;5-3(6)1-2-4(7)8/h1,3-9,12-14,17H,2,10-11,15-16,18H2;1-2H2,(H,5,6)(H,7,8). The zero-order valence-electron chi connectivity index (χ0n) is 22.2. The molecule has 1 aromatic carbocycles. The molecule has 0 unspecified atom stereocenters. The Kier molecular flexibility index (Phi) is 12.2. The van der Waals surface area contributed by atoms with Gasteiger partial charge in [-0.25, -0.2) is 4.39 Å². The van der Waals surface area contributed by atoms with Gasteiger partial charge in [-0.3, -0.25) is 28.6 Å². The number of aliphatic carboxylic acids is 2. The van der Waals surface area contributed by atoms with Crippen LogP contribution < -0.4 is 9.47 Å². The summed E-state index contributed by atoms with van der Waals surface area (Å²) in [4.78, 5) is 27.6. The van der Waals surface area contributed by atoms with Gasteiger partial charge in [0.2, 0.25) is 0 Å². The summed E-state index contributed by atoms with van der Waals surface area (Å²) in [7, 11) is 0. The van der Waals surface area contributed by atoms with E-state index in [1.807, 2.05) is 42.6 Å². The third-order valence-electron chi connectivity index (χ3n) is 5.51. The van der Waals surface area contributed by atoms with Crippen LogP contribution in [0.3, 0.4) is 0 Å². The quantitative estimate of drug-likeness (QED) is 0.209. The Morgan fingerprint density at radius 3 is 2.20 bits per heavy atom. The van der Waals surface area contributed by atoms with Gasteiger partial charge in [0, 0.05) is 42.5 Å². The third kappa shape index (κ3) is 9.99. The maximum absolute atomic E-state index is 12.7. The second-order valence-corrected chi connectivity index (χ2v) is 8.52. The lowest BCUT2D eigenvalue weighted by Gasteiger charge is -2.11. The van der Waals surface area contributed by atoms with Crippen LogP contribution in [0, 0.1) is 0 Å². The number of alkyl halides is 2. The second-order valence-electron chi connectivity index (χ2n) is 8.52. The monoisotopic (exact) mass is 568 g/mol. The van der Waals surface area contributed by atoms with Crippen LogP contribution in [0.1, 0.15) is 25.0 Å². The summed E-state index contributed by atoms with van der Waals surface area (Å²) in [5.41, 5.74) is 4.26. The highest BCUT2D eigenvalue weighted by atomic mass is 19.1. The zero-order valence-corrected chi connectivity index (χ0v) is 22.2. The molecule has 0 saturated carbocycles. The van der Waals surface area contributed by atoms with Crippen LogP contribution >= 0.6 is 0 Å². The first-order valence-corrected chi connectivity index (χ1v) is 12.7. The number of halogens is 2. The molecule has 0 aliphatic rings. The van der Waals surface area contributed by atoms with E-state index in [4.69, 9.17) is 19.7 Å². The van der Waals surface area contributed by atoms with Crippen molar-refractivity contribution in [2.24, 2.45) is 0 Å². The Labute approximate surface area is 235 Å². The Hall–Kier alpha value is -4.87. The van der Waals surface area contributed by atoms with Crippen molar-refractivity contribution in [1.29, 1.82) is 0 Å². The Morgan fingerprint density at radius 2 is 1.56 bits per heavy atom. The molecule has 0 saturated heterocycles. The van der Waals surface area contributed by atoms with Gasteiger partial charge in [0.15, 0.2) is 0 Å². The van der Waals surface area contributed by atoms with Gasteiger partial charge in [0.05, 0.1) is 19.5 Å². The number of hydrogen-bond acceptors (Lipinski definition) is 7. The molecule has 12 heteroatoms. The normalized spacial score (nSPS) is 10.4. The summed E-state index contributed by atoms with van der Waals surface area (Å²) in [6.07, 6.45) is 6.86. The number of nitrogens with zero attached hydrogens (tertiary/aromatic N) is 4. The van der Waals surface area contributed by atoms with E-state index >= 15 is 0 Å². The summed E-state index contributed by atoms with van der Waals surface area (Å²) in [5.74, 6) is -0.990. The number of carboxylic acids is 2. The third-order valence-corrected chi connectivity index (χ3v) is 5.51. The molecule has 0 atom stereocenters. The highest BCUT2D eigenvalue weighted by Crippen LogP contribution is 2.32. The molecule has 41 heavy (non-hydrogen) atoms. The first-order valence-electron chi connectivity index (χ1n) is 12.7. The van der Waals surface area contributed by atoms with Crippen molar-refractivity contribution in [3.8, 4) is 33.9 Å². The van der Waals surface area contributed by atoms with E-state index in [-0.39, 0.29) is 32.7 Å². The smallest absolute Gasteiger partial charge is 0.303 e. The first-order chi connectivity index (χ1) is 19.9. The SMILES string of the molecule is FCCCn1cc(-c2ccncc2)c(-c2ccc(OCc3ncccc3OCCF)cc2)n1.O=C(O)CCC(=O)O. The zero-order chi connectivity index (χ0) is 29.5. The van der Waals surface area contributed by atoms with Crippen molar-refractivity contribution >= 4 is 11.9 Å². The Bertz CT molecular complexity index is 1370. The number of aryl methyl sites for hydroxylation is 1. The predicted molar refractivity (Wildman–Crippen MR) is 146 cm³/mol. The van der Waals surface area contributed by atoms with Crippen LogP contribution in [-0.4, -0.2) is 61.9 Å². The summed E-state index contributed by atoms with van der Waals surface area (Å²) in [6.45, 7) is -0.274. The number of carboxylic acid groups (broad SMARTS) is 2. The highest BCUT2D eigenvalue weighted by molar-refractivity contribution is 5.80. The predicted octanol–water partition coefficient (Wildman–Crippen LogP) is 5.23.